The van der Waals surface area contributed by atoms with Crippen molar-refractivity contribution in [3.05, 3.63) is 55.3 Å². The van der Waals surface area contributed by atoms with Crippen LogP contribution in [0.4, 0.5) is 5.82 Å². The fraction of sp³-hybridized carbons (Fsp3) is 0.750. The minimum Gasteiger partial charge on any atom is -0.389 e. The number of aliphatic hydroxyl groups excluding tert-OH is 6. The number of carbonyl (C=O) groups is 5. The Morgan fingerprint density at radius 2 is 1.21 bits per heavy atom. The summed E-state index contributed by atoms with van der Waals surface area (Å²) < 4.78 is 38.5. The Morgan fingerprint density at radius 3 is 1.79 bits per heavy atom. The van der Waals surface area contributed by atoms with E-state index in [-0.39, 0.29) is 74.5 Å². The first-order valence-corrected chi connectivity index (χ1v) is 31.6. The molecule has 2 aromatic heterocycles. The highest BCUT2D eigenvalue weighted by Gasteiger charge is 2.54. The van der Waals surface area contributed by atoms with E-state index in [9.17, 15) is 69.0 Å². The van der Waals surface area contributed by atoms with Crippen LogP contribution >= 0.6 is 23.5 Å². The molecule has 5 heterocycles. The number of anilines is 1. The molecule has 0 aromatic carbocycles. The first-order chi connectivity index (χ1) is 42.7. The van der Waals surface area contributed by atoms with Gasteiger partial charge in [-0.2, -0.15) is 28.5 Å². The van der Waals surface area contributed by atoms with Crippen molar-refractivity contribution in [3.8, 4) is 0 Å². The number of hydrogen-bond donors (Lipinski definition) is 17. The van der Waals surface area contributed by atoms with Crippen molar-refractivity contribution < 1.29 is 83.0 Å². The Balaban J connectivity index is 0.961. The summed E-state index contributed by atoms with van der Waals surface area (Å²) in [6, 6.07) is -3.08. The van der Waals surface area contributed by atoms with Crippen LogP contribution in [0.15, 0.2) is 32.8 Å². The lowest BCUT2D eigenvalue weighted by Crippen LogP contribution is -2.68. The molecule has 0 radical (unpaired) electrons. The van der Waals surface area contributed by atoms with E-state index in [2.05, 4.69) is 20.6 Å². The molecular formula is C52H88N16O20S2. The van der Waals surface area contributed by atoms with Crippen LogP contribution in [0, 0.1) is 6.92 Å². The van der Waals surface area contributed by atoms with E-state index in [1.165, 1.54) is 48.9 Å². The summed E-state index contributed by atoms with van der Waals surface area (Å²) in [7, 11) is 0. The molecule has 6 rings (SSSR count). The molecule has 1 saturated carbocycles. The molecule has 3 saturated heterocycles. The summed E-state index contributed by atoms with van der Waals surface area (Å²) in [6.45, 7) is -1.83. The number of H-pyrrole nitrogens is 1. The van der Waals surface area contributed by atoms with Gasteiger partial charge in [0.1, 0.15) is 79.9 Å². The molecule has 25 N–H and O–H groups in total. The first kappa shape index (κ1) is 73.7. The van der Waals surface area contributed by atoms with Crippen LogP contribution < -0.4 is 73.4 Å². The second-order valence-electron chi connectivity index (χ2n) is 22.4. The molecule has 5 amide bonds. The number of aromatic amines is 1. The van der Waals surface area contributed by atoms with E-state index in [0.717, 1.165) is 44.6 Å². The third-order valence-corrected chi connectivity index (χ3v) is 17.7. The highest BCUT2D eigenvalue weighted by molar-refractivity contribution is 8.00. The fourth-order valence-electron chi connectivity index (χ4n) is 10.4. The number of thioether (sulfide) groups is 2. The zero-order valence-corrected chi connectivity index (χ0v) is 51.3. The smallest absolute Gasteiger partial charge is 0.349 e. The quantitative estimate of drug-likeness (QED) is 0.0295. The summed E-state index contributed by atoms with van der Waals surface area (Å²) in [5.74, 6) is -1.83. The molecule has 38 heteroatoms. The van der Waals surface area contributed by atoms with Crippen molar-refractivity contribution >= 4 is 58.9 Å². The van der Waals surface area contributed by atoms with Crippen LogP contribution in [0.1, 0.15) is 37.7 Å². The number of primary amides is 1. The van der Waals surface area contributed by atoms with E-state index in [1.54, 1.807) is 0 Å². The number of aromatic nitrogens is 4. The molecule has 4 aliphatic rings. The van der Waals surface area contributed by atoms with Gasteiger partial charge < -0.3 is 125 Å². The molecule has 0 unspecified atom stereocenters. The number of ether oxygens (including phenoxy) is 6. The van der Waals surface area contributed by atoms with Crippen molar-refractivity contribution in [2.24, 2.45) is 40.1 Å². The summed E-state index contributed by atoms with van der Waals surface area (Å²) in [5, 5.41) is 70.9. The minimum atomic E-state index is -1.59. The van der Waals surface area contributed by atoms with Gasteiger partial charge in [0.25, 0.3) is 5.56 Å². The Labute approximate surface area is 524 Å². The van der Waals surface area contributed by atoms with Crippen molar-refractivity contribution in [3.63, 3.8) is 0 Å². The number of carbonyl (C=O) groups excluding carboxylic acids is 5. The van der Waals surface area contributed by atoms with Crippen molar-refractivity contribution in [1.82, 2.24) is 39.5 Å². The number of aryl methyl sites for hydroxylation is 1. The second-order valence-corrected chi connectivity index (χ2v) is 24.6. The van der Waals surface area contributed by atoms with Gasteiger partial charge >= 0.3 is 11.4 Å². The Hall–Kier alpha value is -5.31. The lowest BCUT2D eigenvalue weighted by Gasteiger charge is -2.47. The molecule has 90 heavy (non-hydrogen) atoms. The molecule has 2 aromatic rings. The van der Waals surface area contributed by atoms with Crippen LogP contribution in [0.25, 0.3) is 0 Å². The van der Waals surface area contributed by atoms with Crippen molar-refractivity contribution in [2.45, 2.75) is 168 Å². The monoisotopic (exact) mass is 1320 g/mol. The third-order valence-electron chi connectivity index (χ3n) is 15.5. The molecule has 508 valence electrons. The maximum atomic E-state index is 13.6. The van der Waals surface area contributed by atoms with E-state index in [0.29, 0.717) is 11.5 Å². The maximum absolute atomic E-state index is 13.6. The van der Waals surface area contributed by atoms with Crippen LogP contribution in [0.2, 0.25) is 0 Å². The van der Waals surface area contributed by atoms with Gasteiger partial charge in [-0.25, -0.2) is 9.59 Å². The number of amides is 5. The van der Waals surface area contributed by atoms with Gasteiger partial charge in [-0.05, 0) is 43.8 Å². The third kappa shape index (κ3) is 20.3. The van der Waals surface area contributed by atoms with Gasteiger partial charge in [-0.1, -0.05) is 12.8 Å². The number of nitrogens with zero attached hydrogens (tertiary/aromatic N) is 5. The number of nitrogens with one attached hydrogen (secondary N) is 3. The SMILES string of the molecule is Cc1cn(CC(=O)N(CCNC(=O)CSCCCCCCSC[C@H]2O[C@@H](O[C@@H]3[C@@H](O)[C@H](N)C[C@H](N)[C@H]3O[C@H]3O[C@H](CN)[C@@H](O)[C@H](O)[C@H]3N)[C@H](O)[C@@H]2O[C@H]2O[C@@H](CN)[C@@H](O)[C@H](O)[C@H]2N)CC(=O)NCCN(CC(N)=O)C(=O)Cn2ccc(N)nc2=O)c(=O)[nH]c1=O. The van der Waals surface area contributed by atoms with Crippen LogP contribution in [-0.4, -0.2) is 281 Å². The zero-order valence-electron chi connectivity index (χ0n) is 49.7. The second kappa shape index (κ2) is 35.1. The molecular weight excluding hydrogens is 1230 g/mol. The largest absolute Gasteiger partial charge is 0.389 e. The lowest BCUT2D eigenvalue weighted by molar-refractivity contribution is -0.306. The Morgan fingerprint density at radius 1 is 0.678 bits per heavy atom. The summed E-state index contributed by atoms with van der Waals surface area (Å²) in [6.07, 6.45) is -14.4. The number of nitrogen functional groups attached to an aromatic ring is 1. The molecule has 0 spiro atoms. The van der Waals surface area contributed by atoms with Gasteiger partial charge in [0.05, 0.1) is 43.1 Å². The van der Waals surface area contributed by atoms with E-state index in [4.69, 9.17) is 74.3 Å². The number of nitrogens with two attached hydrogens (primary N) is 8. The molecule has 36 nitrogen and oxygen atoms in total. The zero-order chi connectivity index (χ0) is 66.1. The molecule has 0 bridgehead atoms. The normalized spacial score (nSPS) is 31.0. The summed E-state index contributed by atoms with van der Waals surface area (Å²) >= 11 is 2.85. The van der Waals surface area contributed by atoms with Gasteiger partial charge in [-0.3, -0.25) is 42.9 Å². The van der Waals surface area contributed by atoms with Crippen molar-refractivity contribution in [1.29, 1.82) is 0 Å². The van der Waals surface area contributed by atoms with Crippen molar-refractivity contribution in [2.75, 3.05) is 81.1 Å². The van der Waals surface area contributed by atoms with Crippen LogP contribution in [-0.2, 0) is 65.5 Å². The van der Waals surface area contributed by atoms with Gasteiger partial charge in [0, 0.05) is 75.1 Å². The van der Waals surface area contributed by atoms with E-state index >= 15 is 0 Å². The molecule has 1 aliphatic carbocycles. The molecule has 3 aliphatic heterocycles. The van der Waals surface area contributed by atoms with Crippen LogP contribution in [0.3, 0.4) is 0 Å². The Kier molecular flexibility index (Phi) is 28.8. The fourth-order valence-corrected chi connectivity index (χ4v) is 12.3. The average Bonchev–Trinajstić information content (AvgIpc) is 1.41. The predicted molar refractivity (Wildman–Crippen MR) is 322 cm³/mol. The first-order valence-electron chi connectivity index (χ1n) is 29.3. The summed E-state index contributed by atoms with van der Waals surface area (Å²) in [4.78, 5) is 109. The highest BCUT2D eigenvalue weighted by atomic mass is 32.2. The summed E-state index contributed by atoms with van der Waals surface area (Å²) in [5.41, 5.74) is 45.5. The van der Waals surface area contributed by atoms with E-state index in [1.807, 2.05) is 0 Å². The minimum absolute atomic E-state index is 0.0516. The molecule has 19 atom stereocenters. The van der Waals surface area contributed by atoms with E-state index < -0.39 is 183 Å². The standard InChI is InChI=1S/C52H88N16O20S2/c1-24-17-68(52(82)64-47(24)80)21-35(73)66(19-32(70)61-7-10-65(18-31(58)69)34(72)20-67-9-6-30(57)63-51(67)81)11-8-62-33(71)23-90-13-5-3-2-4-12-89-22-29-45(87-49-37(60)42(78)40(76)28(16-54)84-49)43(79)50(85-29)88-46-38(74)25(55)14-26(56)44(46)86-48-36(59)41(77)39(75)27(15-53)83-48/h6,9,17,25-29,36-46,48-50,74-79H,2-5,7-8,10-16,18-23,53-56,59-60H2,1H3,(H2,58,69)(H,61,70)(H,62,71)(H2,57,63,81)(H,64,80,82)/t25-,26+,27-,28+,29-,36-,37-,38+,39-,40-,41-,42-,43-,44-,45-,46-,48-,49-,50+/m1/s1. The number of rotatable bonds is 33. The Bertz CT molecular complexity index is 2860. The van der Waals surface area contributed by atoms with Gasteiger partial charge in [0.2, 0.25) is 29.5 Å². The number of hydrogen-bond acceptors (Lipinski definition) is 30. The van der Waals surface area contributed by atoms with Crippen LogP contribution in [0.5, 0.6) is 0 Å². The number of aliphatic hydroxyl groups is 6. The maximum Gasteiger partial charge on any atom is 0.349 e. The predicted octanol–water partition coefficient (Wildman–Crippen LogP) is -10.8. The molecule has 4 fully saturated rings. The number of unbranched alkanes of at least 4 members (excludes halogenated alkanes) is 3. The average molecular weight is 1320 g/mol. The van der Waals surface area contributed by atoms with Gasteiger partial charge in [0.15, 0.2) is 18.9 Å². The van der Waals surface area contributed by atoms with Gasteiger partial charge in [-0.15, -0.1) is 0 Å². The topological polar surface area (TPSA) is 591 Å². The lowest BCUT2D eigenvalue weighted by atomic mass is 9.84. The highest BCUT2D eigenvalue weighted by Crippen LogP contribution is 2.35.